The van der Waals surface area contributed by atoms with E-state index >= 15 is 0 Å². The van der Waals surface area contributed by atoms with Crippen LogP contribution in [0.3, 0.4) is 0 Å². The maximum Gasteiger partial charge on any atom is 0.145 e. The molecule has 1 radical (unpaired) electrons. The van der Waals surface area contributed by atoms with Gasteiger partial charge >= 0.3 is 0 Å². The van der Waals surface area contributed by atoms with Gasteiger partial charge in [0, 0.05) is 6.07 Å². The molecule has 47 valence electrons. The quantitative estimate of drug-likeness (QED) is 0.623. The molecule has 0 aliphatic rings. The van der Waals surface area contributed by atoms with Crippen molar-refractivity contribution in [2.75, 3.05) is 7.11 Å². The Bertz CT molecular complexity index is 185. The first-order valence-corrected chi connectivity index (χ1v) is 3.19. The molecule has 0 atom stereocenters. The molecule has 2 nitrogen and oxygen atoms in total. The van der Waals surface area contributed by atoms with Crippen molar-refractivity contribution >= 4 is 15.9 Å². The molecule has 1 aromatic heterocycles. The Balaban J connectivity index is 2.88. The zero-order valence-corrected chi connectivity index (χ0v) is 6.47. The largest absolute Gasteiger partial charge is 0.494 e. The van der Waals surface area contributed by atoms with Crippen LogP contribution in [0.4, 0.5) is 0 Å². The third-order valence-corrected chi connectivity index (χ3v) is 1.29. The molecule has 0 saturated heterocycles. The summed E-state index contributed by atoms with van der Waals surface area (Å²) in [5.41, 5.74) is 0. The summed E-state index contributed by atoms with van der Waals surface area (Å²) in [6, 6.07) is 4.56. The molecule has 1 aromatic rings. The molecule has 0 spiro atoms. The van der Waals surface area contributed by atoms with E-state index in [0.29, 0.717) is 5.75 Å². The average molecular weight is 187 g/mol. The molecule has 9 heavy (non-hydrogen) atoms. The Kier molecular flexibility index (Phi) is 2.05. The summed E-state index contributed by atoms with van der Waals surface area (Å²) >= 11 is 3.18. The van der Waals surface area contributed by atoms with Crippen LogP contribution in [0, 0.1) is 6.07 Å². The summed E-state index contributed by atoms with van der Waals surface area (Å²) in [6.45, 7) is 0. The van der Waals surface area contributed by atoms with E-state index in [2.05, 4.69) is 27.0 Å². The number of hydrogen-bond acceptors (Lipinski definition) is 2. The molecule has 1 heterocycles. The Morgan fingerprint density at radius 1 is 1.78 bits per heavy atom. The van der Waals surface area contributed by atoms with Gasteiger partial charge in [0.05, 0.1) is 13.3 Å². The van der Waals surface area contributed by atoms with Gasteiger partial charge in [-0.3, -0.25) is 0 Å². The fourth-order valence-electron chi connectivity index (χ4n) is 0.437. The van der Waals surface area contributed by atoms with Gasteiger partial charge in [0.25, 0.3) is 0 Å². The molecule has 0 unspecified atom stereocenters. The molecule has 1 rings (SSSR count). The first kappa shape index (κ1) is 6.55. The van der Waals surface area contributed by atoms with Crippen LogP contribution in [0.15, 0.2) is 16.9 Å². The van der Waals surface area contributed by atoms with Crippen molar-refractivity contribution in [3.63, 3.8) is 0 Å². The Hall–Kier alpha value is -0.570. The van der Waals surface area contributed by atoms with Crippen LogP contribution in [0.25, 0.3) is 0 Å². The van der Waals surface area contributed by atoms with E-state index in [0.717, 1.165) is 4.60 Å². The maximum absolute atomic E-state index is 4.83. The molecular formula is C6H5BrNO. The topological polar surface area (TPSA) is 22.1 Å². The lowest BCUT2D eigenvalue weighted by atomic mass is 10.5. The van der Waals surface area contributed by atoms with Crippen molar-refractivity contribution < 1.29 is 4.74 Å². The monoisotopic (exact) mass is 186 g/mol. The standard InChI is InChI=1S/C6H5BrNO/c1-9-5-2-3-6(7)8-4-5/h3-4H,1H3. The van der Waals surface area contributed by atoms with E-state index in [4.69, 9.17) is 4.74 Å². The van der Waals surface area contributed by atoms with Crippen LogP contribution in [0.5, 0.6) is 5.75 Å². The van der Waals surface area contributed by atoms with Gasteiger partial charge in [-0.05, 0) is 22.0 Å². The zero-order chi connectivity index (χ0) is 6.69. The Labute approximate surface area is 62.0 Å². The van der Waals surface area contributed by atoms with Gasteiger partial charge in [0.1, 0.15) is 10.4 Å². The minimum atomic E-state index is 0.651. The summed E-state index contributed by atoms with van der Waals surface area (Å²) in [4.78, 5) is 3.91. The van der Waals surface area contributed by atoms with Crippen molar-refractivity contribution in [3.05, 3.63) is 22.9 Å². The van der Waals surface area contributed by atoms with Crippen LogP contribution >= 0.6 is 15.9 Å². The number of ether oxygens (including phenoxy) is 1. The molecular weight excluding hydrogens is 182 g/mol. The second-order valence-electron chi connectivity index (χ2n) is 1.44. The van der Waals surface area contributed by atoms with E-state index in [1.807, 2.05) is 0 Å². The lowest BCUT2D eigenvalue weighted by Crippen LogP contribution is -1.83. The highest BCUT2D eigenvalue weighted by Crippen LogP contribution is 2.10. The first-order chi connectivity index (χ1) is 4.33. The molecule has 3 heteroatoms. The lowest BCUT2D eigenvalue weighted by molar-refractivity contribution is 0.412. The molecule has 0 fully saturated rings. The second kappa shape index (κ2) is 2.82. The average Bonchev–Trinajstić information content (AvgIpc) is 1.90. The van der Waals surface area contributed by atoms with Crippen LogP contribution in [0.1, 0.15) is 0 Å². The van der Waals surface area contributed by atoms with Gasteiger partial charge in [-0.1, -0.05) is 0 Å². The second-order valence-corrected chi connectivity index (χ2v) is 2.25. The van der Waals surface area contributed by atoms with Gasteiger partial charge in [-0.2, -0.15) is 0 Å². The predicted octanol–water partition coefficient (Wildman–Crippen LogP) is 1.65. The van der Waals surface area contributed by atoms with Crippen LogP contribution in [-0.4, -0.2) is 12.1 Å². The van der Waals surface area contributed by atoms with E-state index < -0.39 is 0 Å². The number of rotatable bonds is 1. The van der Waals surface area contributed by atoms with E-state index in [1.54, 1.807) is 19.4 Å². The van der Waals surface area contributed by atoms with Gasteiger partial charge in [-0.15, -0.1) is 0 Å². The highest BCUT2D eigenvalue weighted by Gasteiger charge is 1.89. The van der Waals surface area contributed by atoms with Crippen molar-refractivity contribution in [1.82, 2.24) is 4.98 Å². The molecule has 0 amide bonds. The number of hydrogen-bond donors (Lipinski definition) is 0. The molecule has 0 N–H and O–H groups in total. The SMILES string of the molecule is COc1[c]cc(Br)nc1. The van der Waals surface area contributed by atoms with E-state index in [9.17, 15) is 0 Å². The third kappa shape index (κ3) is 1.68. The summed E-state index contributed by atoms with van der Waals surface area (Å²) in [6.07, 6.45) is 1.60. The normalized spacial score (nSPS) is 9.11. The van der Waals surface area contributed by atoms with E-state index in [1.165, 1.54) is 0 Å². The van der Waals surface area contributed by atoms with Gasteiger partial charge < -0.3 is 4.74 Å². The third-order valence-electron chi connectivity index (χ3n) is 0.859. The van der Waals surface area contributed by atoms with Gasteiger partial charge in [-0.25, -0.2) is 4.98 Å². The molecule has 0 aliphatic carbocycles. The highest BCUT2D eigenvalue weighted by molar-refractivity contribution is 9.10. The highest BCUT2D eigenvalue weighted by atomic mass is 79.9. The Morgan fingerprint density at radius 3 is 3.00 bits per heavy atom. The molecule has 0 saturated carbocycles. The van der Waals surface area contributed by atoms with Gasteiger partial charge in [0.15, 0.2) is 0 Å². The van der Waals surface area contributed by atoms with Crippen molar-refractivity contribution in [1.29, 1.82) is 0 Å². The zero-order valence-electron chi connectivity index (χ0n) is 4.89. The summed E-state index contributed by atoms with van der Waals surface area (Å²) in [5, 5.41) is 0. The number of methoxy groups -OCH3 is 1. The summed E-state index contributed by atoms with van der Waals surface area (Å²) < 4.78 is 5.60. The predicted molar refractivity (Wildman–Crippen MR) is 37.3 cm³/mol. The summed E-state index contributed by atoms with van der Waals surface area (Å²) in [7, 11) is 1.58. The first-order valence-electron chi connectivity index (χ1n) is 2.40. The fraction of sp³-hybridized carbons (Fsp3) is 0.167. The Morgan fingerprint density at radius 2 is 2.56 bits per heavy atom. The number of halogens is 1. The number of aromatic nitrogens is 1. The smallest absolute Gasteiger partial charge is 0.145 e. The number of nitrogens with zero attached hydrogens (tertiary/aromatic N) is 1. The van der Waals surface area contributed by atoms with Crippen molar-refractivity contribution in [2.45, 2.75) is 0 Å². The fourth-order valence-corrected chi connectivity index (χ4v) is 0.654. The van der Waals surface area contributed by atoms with Crippen LogP contribution in [0.2, 0.25) is 0 Å². The maximum atomic E-state index is 4.83. The van der Waals surface area contributed by atoms with Gasteiger partial charge in [0.2, 0.25) is 0 Å². The molecule has 0 bridgehead atoms. The molecule has 0 aliphatic heterocycles. The van der Waals surface area contributed by atoms with Crippen LogP contribution < -0.4 is 4.74 Å². The minimum absolute atomic E-state index is 0.651. The van der Waals surface area contributed by atoms with Crippen molar-refractivity contribution in [3.8, 4) is 5.75 Å². The lowest BCUT2D eigenvalue weighted by Gasteiger charge is -1.94. The van der Waals surface area contributed by atoms with E-state index in [-0.39, 0.29) is 0 Å². The van der Waals surface area contributed by atoms with Crippen molar-refractivity contribution in [2.24, 2.45) is 0 Å². The minimum Gasteiger partial charge on any atom is -0.494 e. The number of pyridine rings is 1. The van der Waals surface area contributed by atoms with Crippen LogP contribution in [-0.2, 0) is 0 Å². The molecule has 0 aromatic carbocycles. The summed E-state index contributed by atoms with van der Waals surface area (Å²) in [5.74, 6) is 0.651.